The summed E-state index contributed by atoms with van der Waals surface area (Å²) in [6.45, 7) is 7.20. The molecule has 1 aliphatic rings. The van der Waals surface area contributed by atoms with E-state index in [-0.39, 0.29) is 5.91 Å². The molecule has 2 N–H and O–H groups in total. The van der Waals surface area contributed by atoms with E-state index in [1.807, 2.05) is 48.7 Å². The highest BCUT2D eigenvalue weighted by Crippen LogP contribution is 2.28. The van der Waals surface area contributed by atoms with Crippen LogP contribution in [0.5, 0.6) is 0 Å². The molecule has 2 aromatic heterocycles. The lowest BCUT2D eigenvalue weighted by molar-refractivity contribution is -0.116. The topological polar surface area (TPSA) is 92.3 Å². The summed E-state index contributed by atoms with van der Waals surface area (Å²) in [6, 6.07) is 18.0. The van der Waals surface area contributed by atoms with Gasteiger partial charge in [-0.3, -0.25) is 9.78 Å². The molecule has 1 saturated heterocycles. The Bertz CT molecular complexity index is 1350. The summed E-state index contributed by atoms with van der Waals surface area (Å²) in [5, 5.41) is 7.03. The molecule has 176 valence electrons. The van der Waals surface area contributed by atoms with Gasteiger partial charge in [0.1, 0.15) is 0 Å². The van der Waals surface area contributed by atoms with Crippen molar-refractivity contribution in [3.8, 4) is 11.3 Å². The zero-order chi connectivity index (χ0) is 24.0. The Balaban J connectivity index is 1.39. The molecule has 0 atom stereocenters. The molecule has 0 spiro atoms. The lowest BCUT2D eigenvalue weighted by atomic mass is 10.1. The summed E-state index contributed by atoms with van der Waals surface area (Å²) >= 11 is 0. The highest BCUT2D eigenvalue weighted by Gasteiger charge is 2.12. The molecule has 3 heterocycles. The van der Waals surface area contributed by atoms with E-state index >= 15 is 0 Å². The summed E-state index contributed by atoms with van der Waals surface area (Å²) in [4.78, 5) is 27.7. The predicted octanol–water partition coefficient (Wildman–Crippen LogP) is 4.07. The first-order chi connectivity index (χ1) is 17.2. The number of pyridine rings is 1. The normalized spacial score (nSPS) is 13.4. The quantitative estimate of drug-likeness (QED) is 0.397. The van der Waals surface area contributed by atoms with Gasteiger partial charge in [-0.2, -0.15) is 0 Å². The number of hydrogen-bond acceptors (Lipinski definition) is 7. The van der Waals surface area contributed by atoms with Crippen LogP contribution in [0.1, 0.15) is 5.56 Å². The van der Waals surface area contributed by atoms with E-state index in [0.29, 0.717) is 12.5 Å². The lowest BCUT2D eigenvalue weighted by Gasteiger charge is -2.28. The summed E-state index contributed by atoms with van der Waals surface area (Å²) < 4.78 is 5.44. The van der Waals surface area contributed by atoms with Crippen molar-refractivity contribution in [3.63, 3.8) is 0 Å². The summed E-state index contributed by atoms with van der Waals surface area (Å²) in [7, 11) is 0. The van der Waals surface area contributed by atoms with Crippen LogP contribution in [0.2, 0.25) is 0 Å². The zero-order valence-corrected chi connectivity index (χ0v) is 19.3. The van der Waals surface area contributed by atoms with E-state index in [4.69, 9.17) is 9.72 Å². The molecule has 4 aromatic rings. The van der Waals surface area contributed by atoms with Gasteiger partial charge in [0.25, 0.3) is 0 Å². The number of amides is 1. The Labute approximate surface area is 203 Å². The Hall–Kier alpha value is -4.30. The monoisotopic (exact) mass is 466 g/mol. The van der Waals surface area contributed by atoms with E-state index in [2.05, 4.69) is 44.2 Å². The second-order valence-corrected chi connectivity index (χ2v) is 8.18. The molecule has 1 fully saturated rings. The molecule has 2 aromatic carbocycles. The number of aromatic nitrogens is 3. The van der Waals surface area contributed by atoms with Gasteiger partial charge in [0.05, 0.1) is 24.4 Å². The minimum atomic E-state index is -0.213. The van der Waals surface area contributed by atoms with Gasteiger partial charge in [0, 0.05) is 54.4 Å². The van der Waals surface area contributed by atoms with Crippen LogP contribution in [-0.4, -0.2) is 47.2 Å². The van der Waals surface area contributed by atoms with Crippen molar-refractivity contribution in [1.82, 2.24) is 20.3 Å². The number of carbonyl (C=O) groups is 1. The number of ether oxygens (including phenoxy) is 1. The standard InChI is InChI=1S/C27H26N6O2/c1-2-25(34)29-17-19-10-11-28-24(16-19)23-5-3-4-20-18-30-27(32-26(20)23)31-21-6-8-22(9-7-21)33-12-14-35-15-13-33/h2-11,16,18H,1,12-15,17H2,(H,29,34)(H,30,31,32). The number of benzene rings is 2. The smallest absolute Gasteiger partial charge is 0.243 e. The SMILES string of the molecule is C=CC(=O)NCc1ccnc(-c2cccc3cnc(Nc4ccc(N5CCOCC5)cc4)nc23)c1. The maximum absolute atomic E-state index is 11.5. The fourth-order valence-electron chi connectivity index (χ4n) is 4.02. The van der Waals surface area contributed by atoms with Crippen molar-refractivity contribution in [2.45, 2.75) is 6.54 Å². The largest absolute Gasteiger partial charge is 0.378 e. The number of carbonyl (C=O) groups excluding carboxylic acids is 1. The fourth-order valence-corrected chi connectivity index (χ4v) is 4.02. The van der Waals surface area contributed by atoms with Crippen molar-refractivity contribution in [1.29, 1.82) is 0 Å². The van der Waals surface area contributed by atoms with Crippen LogP contribution in [0.25, 0.3) is 22.2 Å². The van der Waals surface area contributed by atoms with Gasteiger partial charge in [-0.15, -0.1) is 0 Å². The number of morpholine rings is 1. The number of rotatable bonds is 7. The third-order valence-corrected chi connectivity index (χ3v) is 5.86. The van der Waals surface area contributed by atoms with Crippen LogP contribution in [0.15, 0.2) is 79.6 Å². The lowest BCUT2D eigenvalue weighted by Crippen LogP contribution is -2.36. The van der Waals surface area contributed by atoms with Gasteiger partial charge in [-0.05, 0) is 48.0 Å². The number of anilines is 3. The van der Waals surface area contributed by atoms with E-state index in [0.717, 1.165) is 59.7 Å². The average Bonchev–Trinajstić information content (AvgIpc) is 2.92. The minimum absolute atomic E-state index is 0.213. The highest BCUT2D eigenvalue weighted by atomic mass is 16.5. The van der Waals surface area contributed by atoms with Crippen molar-refractivity contribution in [3.05, 3.63) is 85.2 Å². The maximum Gasteiger partial charge on any atom is 0.243 e. The Kier molecular flexibility index (Phi) is 6.63. The summed E-state index contributed by atoms with van der Waals surface area (Å²) in [5.41, 5.74) is 5.50. The van der Waals surface area contributed by atoms with Crippen LogP contribution in [0, 0.1) is 0 Å². The maximum atomic E-state index is 11.5. The predicted molar refractivity (Wildman–Crippen MR) is 138 cm³/mol. The average molecular weight is 467 g/mol. The van der Waals surface area contributed by atoms with E-state index in [9.17, 15) is 4.79 Å². The third kappa shape index (κ3) is 5.28. The molecule has 1 amide bonds. The molecule has 5 rings (SSSR count). The molecule has 0 aliphatic carbocycles. The minimum Gasteiger partial charge on any atom is -0.378 e. The molecule has 0 unspecified atom stereocenters. The Morgan fingerprint density at radius 2 is 1.91 bits per heavy atom. The molecule has 0 radical (unpaired) electrons. The van der Waals surface area contributed by atoms with E-state index < -0.39 is 0 Å². The van der Waals surface area contributed by atoms with Crippen LogP contribution in [0.3, 0.4) is 0 Å². The zero-order valence-electron chi connectivity index (χ0n) is 19.3. The molecule has 8 nitrogen and oxygen atoms in total. The second kappa shape index (κ2) is 10.3. The molecular weight excluding hydrogens is 440 g/mol. The molecule has 0 bridgehead atoms. The Morgan fingerprint density at radius 3 is 2.71 bits per heavy atom. The van der Waals surface area contributed by atoms with Crippen molar-refractivity contribution >= 4 is 34.1 Å². The Morgan fingerprint density at radius 1 is 1.09 bits per heavy atom. The first kappa shape index (κ1) is 22.5. The summed E-state index contributed by atoms with van der Waals surface area (Å²) in [5.74, 6) is 0.299. The van der Waals surface area contributed by atoms with Crippen molar-refractivity contribution in [2.75, 3.05) is 36.5 Å². The van der Waals surface area contributed by atoms with E-state index in [1.165, 1.54) is 11.8 Å². The first-order valence-electron chi connectivity index (χ1n) is 11.5. The van der Waals surface area contributed by atoms with Gasteiger partial charge in [0.2, 0.25) is 11.9 Å². The molecular formula is C27H26N6O2. The van der Waals surface area contributed by atoms with Crippen molar-refractivity contribution < 1.29 is 9.53 Å². The highest BCUT2D eigenvalue weighted by molar-refractivity contribution is 5.93. The number of nitrogens with zero attached hydrogens (tertiary/aromatic N) is 4. The number of nitrogens with one attached hydrogen (secondary N) is 2. The second-order valence-electron chi connectivity index (χ2n) is 8.18. The van der Waals surface area contributed by atoms with Gasteiger partial charge in [-0.1, -0.05) is 24.8 Å². The van der Waals surface area contributed by atoms with E-state index in [1.54, 1.807) is 6.20 Å². The third-order valence-electron chi connectivity index (χ3n) is 5.86. The molecule has 0 saturated carbocycles. The molecule has 35 heavy (non-hydrogen) atoms. The van der Waals surface area contributed by atoms with Crippen LogP contribution in [0.4, 0.5) is 17.3 Å². The van der Waals surface area contributed by atoms with Gasteiger partial charge < -0.3 is 20.3 Å². The van der Waals surface area contributed by atoms with Crippen LogP contribution < -0.4 is 15.5 Å². The number of hydrogen-bond donors (Lipinski definition) is 2. The summed E-state index contributed by atoms with van der Waals surface area (Å²) in [6.07, 6.45) is 4.80. The molecule has 8 heteroatoms. The van der Waals surface area contributed by atoms with Gasteiger partial charge >= 0.3 is 0 Å². The number of para-hydroxylation sites is 1. The fraction of sp³-hybridized carbons (Fsp3) is 0.185. The first-order valence-corrected chi connectivity index (χ1v) is 11.5. The van der Waals surface area contributed by atoms with Crippen LogP contribution >= 0.6 is 0 Å². The van der Waals surface area contributed by atoms with Gasteiger partial charge in [0.15, 0.2) is 0 Å². The van der Waals surface area contributed by atoms with Crippen molar-refractivity contribution in [2.24, 2.45) is 0 Å². The van der Waals surface area contributed by atoms with Crippen LogP contribution in [-0.2, 0) is 16.1 Å². The van der Waals surface area contributed by atoms with Gasteiger partial charge in [-0.25, -0.2) is 9.97 Å². The molecule has 1 aliphatic heterocycles. The number of fused-ring (bicyclic) bond motifs is 1.